The number of likely N-dealkylation sites (N-methyl/N-ethyl adjacent to an activating group) is 2. The summed E-state index contributed by atoms with van der Waals surface area (Å²) in [5.41, 5.74) is 3.93. The van der Waals surface area contributed by atoms with Crippen molar-refractivity contribution in [3.05, 3.63) is 48.0 Å². The van der Waals surface area contributed by atoms with Crippen molar-refractivity contribution in [1.82, 2.24) is 29.5 Å². The van der Waals surface area contributed by atoms with E-state index in [4.69, 9.17) is 9.97 Å². The standard InChI is InChI=1S/C25H29N7O/c1-29-10-5-11-31(13-12-29)22-9-8-17-14-19(25(33)26-18-15-30(2)16-18)24-27-20-6-3-4-7-21(20)32(24)23(17)28-22/h3-4,6-9,14,18H,5,10-13,15-16H2,1-2H3,(H,26,33). The summed E-state index contributed by atoms with van der Waals surface area (Å²) in [7, 11) is 4.23. The Morgan fingerprint density at radius 3 is 2.64 bits per heavy atom. The molecule has 2 saturated heterocycles. The number of nitrogens with zero attached hydrogens (tertiary/aromatic N) is 6. The first-order chi connectivity index (χ1) is 16.1. The molecule has 4 aromatic rings. The number of pyridine rings is 2. The quantitative estimate of drug-likeness (QED) is 0.524. The number of fused-ring (bicyclic) bond motifs is 5. The van der Waals surface area contributed by atoms with Gasteiger partial charge in [-0.3, -0.25) is 9.20 Å². The number of carbonyl (C=O) groups is 1. The third kappa shape index (κ3) is 3.59. The Balaban J connectivity index is 1.49. The lowest BCUT2D eigenvalue weighted by Crippen LogP contribution is -2.57. The van der Waals surface area contributed by atoms with Gasteiger partial charge in [0.15, 0.2) is 5.65 Å². The van der Waals surface area contributed by atoms with E-state index in [0.29, 0.717) is 11.2 Å². The van der Waals surface area contributed by atoms with E-state index in [1.807, 2.05) is 30.3 Å². The molecule has 33 heavy (non-hydrogen) atoms. The van der Waals surface area contributed by atoms with E-state index in [0.717, 1.165) is 73.6 Å². The number of benzene rings is 1. The SMILES string of the molecule is CN1CCCN(c2ccc3cc(C(=O)NC4CN(C)C4)c4nc5ccccc5n4c3n2)CC1. The molecular formula is C25H29N7O. The summed E-state index contributed by atoms with van der Waals surface area (Å²) in [5, 5.41) is 4.11. The van der Waals surface area contributed by atoms with Crippen molar-refractivity contribution in [1.29, 1.82) is 0 Å². The Kier molecular flexibility index (Phi) is 4.92. The average Bonchev–Trinajstić information content (AvgIpc) is 3.05. The number of anilines is 1. The summed E-state index contributed by atoms with van der Waals surface area (Å²) in [4.78, 5) is 30.1. The zero-order chi connectivity index (χ0) is 22.5. The van der Waals surface area contributed by atoms with Crippen LogP contribution in [0.2, 0.25) is 0 Å². The van der Waals surface area contributed by atoms with E-state index in [-0.39, 0.29) is 11.9 Å². The molecule has 0 saturated carbocycles. The number of para-hydroxylation sites is 2. The first kappa shape index (κ1) is 20.4. The van der Waals surface area contributed by atoms with Crippen LogP contribution in [0.15, 0.2) is 42.5 Å². The van der Waals surface area contributed by atoms with Gasteiger partial charge in [-0.15, -0.1) is 0 Å². The minimum absolute atomic E-state index is 0.0741. The van der Waals surface area contributed by atoms with Gasteiger partial charge in [-0.2, -0.15) is 0 Å². The number of likely N-dealkylation sites (tertiary alicyclic amines) is 1. The number of hydrogen-bond acceptors (Lipinski definition) is 6. The molecule has 3 aromatic heterocycles. The highest BCUT2D eigenvalue weighted by Gasteiger charge is 2.27. The van der Waals surface area contributed by atoms with Crippen molar-refractivity contribution < 1.29 is 4.79 Å². The Hall–Kier alpha value is -3.23. The first-order valence-corrected chi connectivity index (χ1v) is 11.7. The van der Waals surface area contributed by atoms with Crippen molar-refractivity contribution >= 4 is 39.4 Å². The predicted molar refractivity (Wildman–Crippen MR) is 131 cm³/mol. The Bertz CT molecular complexity index is 1360. The van der Waals surface area contributed by atoms with Crippen molar-refractivity contribution in [3.8, 4) is 0 Å². The molecule has 0 aliphatic carbocycles. The summed E-state index contributed by atoms with van der Waals surface area (Å²) >= 11 is 0. The molecule has 2 aliphatic heterocycles. The van der Waals surface area contributed by atoms with Gasteiger partial charge < -0.3 is 20.0 Å². The topological polar surface area (TPSA) is 69.0 Å². The molecule has 2 aliphatic rings. The lowest BCUT2D eigenvalue weighted by Gasteiger charge is -2.36. The van der Waals surface area contributed by atoms with Crippen LogP contribution in [-0.4, -0.2) is 89.5 Å². The fraction of sp³-hybridized carbons (Fsp3) is 0.400. The normalized spacial score (nSPS) is 18.7. The van der Waals surface area contributed by atoms with Gasteiger partial charge in [-0.1, -0.05) is 12.1 Å². The molecule has 0 atom stereocenters. The first-order valence-electron chi connectivity index (χ1n) is 11.7. The van der Waals surface area contributed by atoms with E-state index in [1.165, 1.54) is 0 Å². The number of nitrogens with one attached hydrogen (secondary N) is 1. The number of carbonyl (C=O) groups excluding carboxylic acids is 1. The number of aromatic nitrogens is 3. The monoisotopic (exact) mass is 443 g/mol. The van der Waals surface area contributed by atoms with Gasteiger partial charge in [0.1, 0.15) is 11.5 Å². The maximum Gasteiger partial charge on any atom is 0.255 e. The molecule has 2 fully saturated rings. The second kappa shape index (κ2) is 7.97. The van der Waals surface area contributed by atoms with Crippen LogP contribution >= 0.6 is 0 Å². The van der Waals surface area contributed by atoms with Gasteiger partial charge in [0, 0.05) is 38.1 Å². The minimum atomic E-state index is -0.0741. The largest absolute Gasteiger partial charge is 0.355 e. The van der Waals surface area contributed by atoms with Crippen molar-refractivity contribution in [2.45, 2.75) is 12.5 Å². The van der Waals surface area contributed by atoms with Gasteiger partial charge in [0.2, 0.25) is 0 Å². The molecule has 6 rings (SSSR count). The van der Waals surface area contributed by atoms with E-state index in [9.17, 15) is 4.79 Å². The summed E-state index contributed by atoms with van der Waals surface area (Å²) in [6.45, 7) is 5.84. The van der Waals surface area contributed by atoms with Crippen molar-refractivity contribution in [2.75, 3.05) is 58.3 Å². The number of hydrogen-bond donors (Lipinski definition) is 1. The summed E-state index contributed by atoms with van der Waals surface area (Å²) in [5.74, 6) is 0.904. The molecule has 1 amide bonds. The highest BCUT2D eigenvalue weighted by atomic mass is 16.1. The van der Waals surface area contributed by atoms with E-state index in [1.54, 1.807) is 0 Å². The molecule has 1 aromatic carbocycles. The number of rotatable bonds is 3. The van der Waals surface area contributed by atoms with Gasteiger partial charge in [0.25, 0.3) is 5.91 Å². The van der Waals surface area contributed by atoms with Gasteiger partial charge >= 0.3 is 0 Å². The second-order valence-corrected chi connectivity index (χ2v) is 9.44. The molecule has 5 heterocycles. The fourth-order valence-corrected chi connectivity index (χ4v) is 5.05. The van der Waals surface area contributed by atoms with Crippen LogP contribution in [0, 0.1) is 0 Å². The van der Waals surface area contributed by atoms with Crippen LogP contribution in [0.3, 0.4) is 0 Å². The molecular weight excluding hydrogens is 414 g/mol. The van der Waals surface area contributed by atoms with Crippen molar-refractivity contribution in [3.63, 3.8) is 0 Å². The van der Waals surface area contributed by atoms with Gasteiger partial charge in [-0.25, -0.2) is 9.97 Å². The maximum absolute atomic E-state index is 13.3. The summed E-state index contributed by atoms with van der Waals surface area (Å²) in [6, 6.07) is 14.3. The fourth-order valence-electron chi connectivity index (χ4n) is 5.05. The lowest BCUT2D eigenvalue weighted by atomic mass is 10.1. The maximum atomic E-state index is 13.3. The van der Waals surface area contributed by atoms with Gasteiger partial charge in [0.05, 0.1) is 22.6 Å². The zero-order valence-corrected chi connectivity index (χ0v) is 19.2. The van der Waals surface area contributed by atoms with E-state index >= 15 is 0 Å². The molecule has 0 bridgehead atoms. The molecule has 0 unspecified atom stereocenters. The predicted octanol–water partition coefficient (Wildman–Crippen LogP) is 2.22. The third-order valence-electron chi connectivity index (χ3n) is 6.89. The highest BCUT2D eigenvalue weighted by Crippen LogP contribution is 2.27. The van der Waals surface area contributed by atoms with Crippen LogP contribution in [0.1, 0.15) is 16.8 Å². The molecule has 8 heteroatoms. The van der Waals surface area contributed by atoms with E-state index in [2.05, 4.69) is 50.6 Å². The Morgan fingerprint density at radius 1 is 0.939 bits per heavy atom. The summed E-state index contributed by atoms with van der Waals surface area (Å²) in [6.07, 6.45) is 1.12. The summed E-state index contributed by atoms with van der Waals surface area (Å²) < 4.78 is 2.06. The lowest BCUT2D eigenvalue weighted by molar-refractivity contribution is 0.0859. The van der Waals surface area contributed by atoms with Crippen LogP contribution in [0.25, 0.3) is 27.7 Å². The Morgan fingerprint density at radius 2 is 1.79 bits per heavy atom. The minimum Gasteiger partial charge on any atom is -0.355 e. The molecule has 170 valence electrons. The average molecular weight is 444 g/mol. The molecule has 1 N–H and O–H groups in total. The van der Waals surface area contributed by atoms with Crippen molar-refractivity contribution in [2.24, 2.45) is 0 Å². The molecule has 0 radical (unpaired) electrons. The zero-order valence-electron chi connectivity index (χ0n) is 19.2. The third-order valence-corrected chi connectivity index (χ3v) is 6.89. The smallest absolute Gasteiger partial charge is 0.255 e. The van der Waals surface area contributed by atoms with Crippen LogP contribution in [0.5, 0.6) is 0 Å². The number of imidazole rings is 1. The van der Waals surface area contributed by atoms with Crippen LogP contribution in [0.4, 0.5) is 5.82 Å². The molecule has 0 spiro atoms. The van der Waals surface area contributed by atoms with Gasteiger partial charge in [-0.05, 0) is 57.4 Å². The van der Waals surface area contributed by atoms with Crippen LogP contribution in [-0.2, 0) is 0 Å². The second-order valence-electron chi connectivity index (χ2n) is 9.44. The van der Waals surface area contributed by atoms with E-state index < -0.39 is 0 Å². The number of amides is 1. The van der Waals surface area contributed by atoms with Crippen LogP contribution < -0.4 is 10.2 Å². The highest BCUT2D eigenvalue weighted by molar-refractivity contribution is 6.05. The molecule has 8 nitrogen and oxygen atoms in total. The Labute approximate surface area is 192 Å².